The minimum absolute atomic E-state index is 0.000591. The number of anilines is 2. The number of carbonyl (C=O) groups is 1. The Hall–Kier alpha value is -3.59. The monoisotopic (exact) mass is 455 g/mol. The Labute approximate surface area is 187 Å². The van der Waals surface area contributed by atoms with Crippen molar-refractivity contribution in [2.24, 2.45) is 0 Å². The summed E-state index contributed by atoms with van der Waals surface area (Å²) in [5, 5.41) is 6.54. The van der Waals surface area contributed by atoms with Crippen LogP contribution in [0.3, 0.4) is 0 Å². The average molecular weight is 456 g/mol. The lowest BCUT2D eigenvalue weighted by atomic mass is 10.1. The van der Waals surface area contributed by atoms with Crippen LogP contribution in [-0.4, -0.2) is 26.6 Å². The molecule has 0 aliphatic rings. The van der Waals surface area contributed by atoms with E-state index in [1.807, 2.05) is 32.0 Å². The van der Waals surface area contributed by atoms with Gasteiger partial charge in [-0.3, -0.25) is 9.52 Å². The summed E-state index contributed by atoms with van der Waals surface area (Å²) in [6.07, 6.45) is 3.28. The zero-order chi connectivity index (χ0) is 23.5. The number of amides is 1. The van der Waals surface area contributed by atoms with E-state index in [4.69, 9.17) is 9.26 Å². The Morgan fingerprint density at radius 1 is 1.06 bits per heavy atom. The Morgan fingerprint density at radius 2 is 1.75 bits per heavy atom. The van der Waals surface area contributed by atoms with E-state index in [9.17, 15) is 13.2 Å². The van der Waals surface area contributed by atoms with E-state index >= 15 is 0 Å². The fourth-order valence-corrected chi connectivity index (χ4v) is 4.58. The fourth-order valence-electron chi connectivity index (χ4n) is 3.17. The second-order valence-electron chi connectivity index (χ2n) is 7.30. The molecular formula is C23H25N3O5S. The van der Waals surface area contributed by atoms with Crippen LogP contribution in [0.15, 0.2) is 45.8 Å². The molecule has 3 rings (SSSR count). The van der Waals surface area contributed by atoms with Crippen molar-refractivity contribution < 1.29 is 22.5 Å². The smallest absolute Gasteiger partial charge is 0.265 e. The van der Waals surface area contributed by atoms with Gasteiger partial charge in [-0.15, -0.1) is 0 Å². The summed E-state index contributed by atoms with van der Waals surface area (Å²) in [5.74, 6) is 0.322. The van der Waals surface area contributed by atoms with Gasteiger partial charge in [0, 0.05) is 6.92 Å². The molecule has 0 aliphatic heterocycles. The van der Waals surface area contributed by atoms with Crippen molar-refractivity contribution in [2.45, 2.75) is 32.6 Å². The largest absolute Gasteiger partial charge is 0.495 e. The van der Waals surface area contributed by atoms with Crippen molar-refractivity contribution in [3.8, 4) is 5.75 Å². The fraction of sp³-hybridized carbons (Fsp3) is 0.217. The highest BCUT2D eigenvalue weighted by Crippen LogP contribution is 2.30. The third-order valence-electron chi connectivity index (χ3n) is 4.81. The highest BCUT2D eigenvalue weighted by Gasteiger charge is 2.22. The molecule has 0 radical (unpaired) electrons. The highest BCUT2D eigenvalue weighted by molar-refractivity contribution is 7.92. The molecule has 0 spiro atoms. The van der Waals surface area contributed by atoms with Crippen LogP contribution in [0.5, 0.6) is 5.75 Å². The van der Waals surface area contributed by atoms with Crippen molar-refractivity contribution in [3.63, 3.8) is 0 Å². The van der Waals surface area contributed by atoms with E-state index in [0.29, 0.717) is 28.4 Å². The number of nitrogens with one attached hydrogen (secondary N) is 2. The summed E-state index contributed by atoms with van der Waals surface area (Å²) in [6, 6.07) is 10.4. The normalized spacial score (nSPS) is 11.5. The molecule has 3 aromatic rings. The van der Waals surface area contributed by atoms with Crippen molar-refractivity contribution in [1.82, 2.24) is 5.16 Å². The molecule has 8 nitrogen and oxygen atoms in total. The lowest BCUT2D eigenvalue weighted by Crippen LogP contribution is -2.16. The number of nitrogens with zero attached hydrogens (tertiary/aromatic N) is 1. The first-order valence-corrected chi connectivity index (χ1v) is 11.3. The van der Waals surface area contributed by atoms with Gasteiger partial charge in [0.05, 0.1) is 12.8 Å². The number of rotatable bonds is 7. The molecule has 32 heavy (non-hydrogen) atoms. The first-order valence-electron chi connectivity index (χ1n) is 9.81. The van der Waals surface area contributed by atoms with Crippen molar-refractivity contribution in [1.29, 1.82) is 0 Å². The zero-order valence-corrected chi connectivity index (χ0v) is 19.3. The zero-order valence-electron chi connectivity index (χ0n) is 18.5. The van der Waals surface area contributed by atoms with Gasteiger partial charge in [-0.05, 0) is 55.7 Å². The molecule has 1 aromatic heterocycles. The summed E-state index contributed by atoms with van der Waals surface area (Å²) in [4.78, 5) is 11.4. The second-order valence-corrected chi connectivity index (χ2v) is 8.96. The molecule has 0 unspecified atom stereocenters. The molecule has 2 N–H and O–H groups in total. The van der Waals surface area contributed by atoms with E-state index in [1.165, 1.54) is 20.1 Å². The van der Waals surface area contributed by atoms with Crippen LogP contribution in [0.4, 0.5) is 11.4 Å². The van der Waals surface area contributed by atoms with Gasteiger partial charge in [0.25, 0.3) is 10.0 Å². The Bertz CT molecular complexity index is 1270. The molecule has 9 heteroatoms. The van der Waals surface area contributed by atoms with Gasteiger partial charge in [0.15, 0.2) is 5.76 Å². The molecule has 0 saturated carbocycles. The van der Waals surface area contributed by atoms with Crippen LogP contribution in [0.25, 0.3) is 12.2 Å². The number of para-hydroxylation sites is 1. The van der Waals surface area contributed by atoms with E-state index in [1.54, 1.807) is 31.2 Å². The minimum Gasteiger partial charge on any atom is -0.495 e. The van der Waals surface area contributed by atoms with Gasteiger partial charge in [-0.2, -0.15) is 0 Å². The number of methoxy groups -OCH3 is 1. The Balaban J connectivity index is 1.97. The number of hydrogen-bond acceptors (Lipinski definition) is 6. The van der Waals surface area contributed by atoms with E-state index in [2.05, 4.69) is 15.2 Å². The molecule has 1 heterocycles. The standard InChI is InChI=1S/C23H25N3O5S/c1-14-7-6-8-15(2)22(14)26-32(28,29)21-13-18(9-11-19(21)30-5)10-12-20-23(24-17(4)27)16(3)25-31-20/h6-13,26H,1-5H3,(H,24,27)/b12-10-. The van der Waals surface area contributed by atoms with Crippen LogP contribution < -0.4 is 14.8 Å². The molecule has 0 fully saturated rings. The van der Waals surface area contributed by atoms with Gasteiger partial charge in [-0.25, -0.2) is 8.42 Å². The van der Waals surface area contributed by atoms with Crippen LogP contribution in [0.2, 0.25) is 0 Å². The molecule has 2 aromatic carbocycles. The topological polar surface area (TPSA) is 111 Å². The molecular weight excluding hydrogens is 430 g/mol. The molecule has 1 amide bonds. The number of aromatic nitrogens is 1. The Kier molecular flexibility index (Phi) is 6.69. The lowest BCUT2D eigenvalue weighted by Gasteiger charge is -2.15. The third-order valence-corrected chi connectivity index (χ3v) is 6.18. The maximum atomic E-state index is 13.2. The van der Waals surface area contributed by atoms with Crippen LogP contribution in [0, 0.1) is 20.8 Å². The summed E-state index contributed by atoms with van der Waals surface area (Å²) in [5.41, 5.74) is 3.76. The van der Waals surface area contributed by atoms with Gasteiger partial charge in [0.2, 0.25) is 5.91 Å². The second kappa shape index (κ2) is 9.27. The van der Waals surface area contributed by atoms with E-state index in [0.717, 1.165) is 11.1 Å². The van der Waals surface area contributed by atoms with Gasteiger partial charge < -0.3 is 14.6 Å². The first kappa shape index (κ1) is 23.1. The maximum Gasteiger partial charge on any atom is 0.265 e. The van der Waals surface area contributed by atoms with Crippen molar-refractivity contribution >= 4 is 39.5 Å². The number of aryl methyl sites for hydroxylation is 3. The van der Waals surface area contributed by atoms with Crippen molar-refractivity contribution in [3.05, 3.63) is 64.5 Å². The number of hydrogen-bond donors (Lipinski definition) is 2. The maximum absolute atomic E-state index is 13.2. The lowest BCUT2D eigenvalue weighted by molar-refractivity contribution is -0.114. The van der Waals surface area contributed by atoms with Crippen molar-refractivity contribution in [2.75, 3.05) is 17.1 Å². The highest BCUT2D eigenvalue weighted by atomic mass is 32.2. The van der Waals surface area contributed by atoms with Crippen LogP contribution in [-0.2, 0) is 14.8 Å². The number of ether oxygens (including phenoxy) is 1. The average Bonchev–Trinajstić information content (AvgIpc) is 3.08. The van der Waals surface area contributed by atoms with Gasteiger partial charge in [-0.1, -0.05) is 35.5 Å². The summed E-state index contributed by atoms with van der Waals surface area (Å²) in [6.45, 7) is 6.79. The van der Waals surface area contributed by atoms with E-state index in [-0.39, 0.29) is 16.6 Å². The van der Waals surface area contributed by atoms with Gasteiger partial charge in [0.1, 0.15) is 22.0 Å². The summed E-state index contributed by atoms with van der Waals surface area (Å²) >= 11 is 0. The Morgan fingerprint density at radius 3 is 2.38 bits per heavy atom. The van der Waals surface area contributed by atoms with E-state index < -0.39 is 10.0 Å². The number of benzene rings is 2. The van der Waals surface area contributed by atoms with Crippen LogP contribution >= 0.6 is 0 Å². The number of sulfonamides is 1. The molecule has 0 bridgehead atoms. The van der Waals surface area contributed by atoms with Crippen LogP contribution in [0.1, 0.15) is 35.1 Å². The predicted molar refractivity (Wildman–Crippen MR) is 124 cm³/mol. The summed E-state index contributed by atoms with van der Waals surface area (Å²) in [7, 11) is -2.51. The quantitative estimate of drug-likeness (QED) is 0.541. The predicted octanol–water partition coefficient (Wildman–Crippen LogP) is 4.54. The summed E-state index contributed by atoms with van der Waals surface area (Å²) < 4.78 is 39.6. The third kappa shape index (κ3) is 5.00. The SMILES string of the molecule is COc1ccc(/C=C\c2onc(C)c2NC(C)=O)cc1S(=O)(=O)Nc1c(C)cccc1C. The van der Waals surface area contributed by atoms with Gasteiger partial charge >= 0.3 is 0 Å². The molecule has 168 valence electrons. The molecule has 0 aliphatic carbocycles. The molecule has 0 atom stereocenters. The number of carbonyl (C=O) groups excluding carboxylic acids is 1. The molecule has 0 saturated heterocycles. The minimum atomic E-state index is -3.93. The first-order chi connectivity index (χ1) is 15.1.